The Kier molecular flexibility index (Phi) is 7.11. The number of hydrogen-bond acceptors (Lipinski definition) is 1. The van der Waals surface area contributed by atoms with Crippen LogP contribution in [0.25, 0.3) is 0 Å². The lowest BCUT2D eigenvalue weighted by molar-refractivity contribution is 0.300. The first-order valence-electron chi connectivity index (χ1n) is 10.2. The zero-order valence-electron chi connectivity index (χ0n) is 15.9. The molecule has 0 amide bonds. The monoisotopic (exact) mass is 354 g/mol. The fourth-order valence-electron chi connectivity index (χ4n) is 4.05. The highest BCUT2D eigenvalue weighted by Crippen LogP contribution is 2.38. The van der Waals surface area contributed by atoms with Crippen LogP contribution in [0.2, 0.25) is 0 Å². The molecule has 0 N–H and O–H groups in total. The van der Waals surface area contributed by atoms with E-state index in [1.165, 1.54) is 69.1 Å². The second-order valence-electron chi connectivity index (χ2n) is 7.70. The van der Waals surface area contributed by atoms with E-state index in [2.05, 4.69) is 31.2 Å². The lowest BCUT2D eigenvalue weighted by Crippen LogP contribution is -2.13. The summed E-state index contributed by atoms with van der Waals surface area (Å²) in [4.78, 5) is 0. The van der Waals surface area contributed by atoms with E-state index in [-0.39, 0.29) is 5.82 Å². The normalized spacial score (nSPS) is 20.1. The average Bonchev–Trinajstić information content (AvgIpc) is 2.69. The molecule has 2 aromatic carbocycles. The van der Waals surface area contributed by atoms with Gasteiger partial charge in [0.1, 0.15) is 18.2 Å². The molecule has 3 rings (SSSR count). The van der Waals surface area contributed by atoms with Crippen LogP contribution < -0.4 is 4.74 Å². The van der Waals surface area contributed by atoms with Crippen molar-refractivity contribution in [3.8, 4) is 5.75 Å². The Bertz CT molecular complexity index is 639. The van der Waals surface area contributed by atoms with Crippen molar-refractivity contribution in [3.63, 3.8) is 0 Å². The third-order valence-electron chi connectivity index (χ3n) is 5.73. The van der Waals surface area contributed by atoms with Gasteiger partial charge in [0.15, 0.2) is 0 Å². The lowest BCUT2D eigenvalue weighted by atomic mass is 9.77. The van der Waals surface area contributed by atoms with E-state index < -0.39 is 0 Å². The van der Waals surface area contributed by atoms with Gasteiger partial charge in [-0.25, -0.2) is 4.39 Å². The van der Waals surface area contributed by atoms with Crippen molar-refractivity contribution in [2.24, 2.45) is 5.92 Å². The fraction of sp³-hybridized carbons (Fsp3) is 0.500. The molecule has 0 radical (unpaired) electrons. The van der Waals surface area contributed by atoms with Gasteiger partial charge in [0.25, 0.3) is 0 Å². The van der Waals surface area contributed by atoms with Gasteiger partial charge in [-0.3, -0.25) is 0 Å². The minimum absolute atomic E-state index is 0.210. The summed E-state index contributed by atoms with van der Waals surface area (Å²) >= 11 is 0. The van der Waals surface area contributed by atoms with E-state index in [1.807, 2.05) is 0 Å². The standard InChI is InChI=1S/C24H31FO/c1-2-3-4-5-19-6-10-21(11-7-19)22-12-16-24(17-13-22)26-18-20-8-14-23(25)15-9-20/h8-9,12-17,19,21H,2-7,10-11,18H2,1H3. The molecule has 0 spiro atoms. The zero-order chi connectivity index (χ0) is 18.2. The number of halogens is 1. The Hall–Kier alpha value is -1.83. The summed E-state index contributed by atoms with van der Waals surface area (Å²) in [5, 5.41) is 0. The van der Waals surface area contributed by atoms with Gasteiger partial charge >= 0.3 is 0 Å². The minimum atomic E-state index is -0.210. The molecule has 1 aliphatic rings. The van der Waals surface area contributed by atoms with Crippen molar-refractivity contribution in [1.29, 1.82) is 0 Å². The maximum absolute atomic E-state index is 12.9. The molecule has 0 bridgehead atoms. The largest absolute Gasteiger partial charge is 0.489 e. The summed E-state index contributed by atoms with van der Waals surface area (Å²) in [6.07, 6.45) is 11.0. The zero-order valence-corrected chi connectivity index (χ0v) is 15.9. The molecule has 0 saturated heterocycles. The molecule has 2 heteroatoms. The van der Waals surface area contributed by atoms with E-state index in [0.29, 0.717) is 12.5 Å². The highest BCUT2D eigenvalue weighted by Gasteiger charge is 2.21. The van der Waals surface area contributed by atoms with Crippen molar-refractivity contribution in [1.82, 2.24) is 0 Å². The van der Waals surface area contributed by atoms with Crippen molar-refractivity contribution < 1.29 is 9.13 Å². The topological polar surface area (TPSA) is 9.23 Å². The van der Waals surface area contributed by atoms with Gasteiger partial charge in [-0.1, -0.05) is 56.9 Å². The van der Waals surface area contributed by atoms with E-state index in [4.69, 9.17) is 4.74 Å². The van der Waals surface area contributed by atoms with E-state index in [9.17, 15) is 4.39 Å². The van der Waals surface area contributed by atoms with E-state index in [0.717, 1.165) is 17.2 Å². The van der Waals surface area contributed by atoms with Gasteiger partial charge < -0.3 is 4.74 Å². The Morgan fingerprint density at radius 3 is 2.23 bits per heavy atom. The lowest BCUT2D eigenvalue weighted by Gasteiger charge is -2.29. The second kappa shape index (κ2) is 9.75. The Labute approximate surface area is 157 Å². The summed E-state index contributed by atoms with van der Waals surface area (Å²) in [6, 6.07) is 15.1. The maximum Gasteiger partial charge on any atom is 0.123 e. The number of hydrogen-bond donors (Lipinski definition) is 0. The van der Waals surface area contributed by atoms with Crippen LogP contribution in [0.15, 0.2) is 48.5 Å². The first-order valence-corrected chi connectivity index (χ1v) is 10.2. The average molecular weight is 355 g/mol. The van der Waals surface area contributed by atoms with Crippen molar-refractivity contribution in [2.45, 2.75) is 70.8 Å². The van der Waals surface area contributed by atoms with Crippen LogP contribution in [0.4, 0.5) is 4.39 Å². The van der Waals surface area contributed by atoms with Crippen LogP contribution in [-0.4, -0.2) is 0 Å². The molecule has 1 nitrogen and oxygen atoms in total. The summed E-state index contributed by atoms with van der Waals surface area (Å²) in [5.74, 6) is 2.34. The molecule has 0 aromatic heterocycles. The van der Waals surface area contributed by atoms with Gasteiger partial charge in [0.2, 0.25) is 0 Å². The third kappa shape index (κ3) is 5.59. The molecule has 2 aromatic rings. The van der Waals surface area contributed by atoms with Gasteiger partial charge in [-0.05, 0) is 72.9 Å². The SMILES string of the molecule is CCCCCC1CCC(c2ccc(OCc3ccc(F)cc3)cc2)CC1. The van der Waals surface area contributed by atoms with Crippen LogP contribution in [0, 0.1) is 11.7 Å². The van der Waals surface area contributed by atoms with Crippen LogP contribution in [0.5, 0.6) is 5.75 Å². The highest BCUT2D eigenvalue weighted by molar-refractivity contribution is 5.30. The molecule has 0 aliphatic heterocycles. The highest BCUT2D eigenvalue weighted by atomic mass is 19.1. The third-order valence-corrected chi connectivity index (χ3v) is 5.73. The number of benzene rings is 2. The molecule has 0 unspecified atom stereocenters. The van der Waals surface area contributed by atoms with Crippen molar-refractivity contribution in [3.05, 3.63) is 65.5 Å². The first-order chi connectivity index (χ1) is 12.7. The predicted molar refractivity (Wildman–Crippen MR) is 106 cm³/mol. The van der Waals surface area contributed by atoms with Gasteiger partial charge in [-0.2, -0.15) is 0 Å². The number of ether oxygens (including phenoxy) is 1. The smallest absolute Gasteiger partial charge is 0.123 e. The predicted octanol–water partition coefficient (Wildman–Crippen LogP) is 7.26. The number of rotatable bonds is 8. The molecule has 0 atom stereocenters. The number of unbranched alkanes of at least 4 members (excludes halogenated alkanes) is 2. The summed E-state index contributed by atoms with van der Waals surface area (Å²) in [6.45, 7) is 2.76. The van der Waals surface area contributed by atoms with Crippen LogP contribution in [0.1, 0.15) is 75.3 Å². The minimum Gasteiger partial charge on any atom is -0.489 e. The Balaban J connectivity index is 1.45. The molecule has 1 fully saturated rings. The van der Waals surface area contributed by atoms with Crippen molar-refractivity contribution >= 4 is 0 Å². The van der Waals surface area contributed by atoms with Crippen LogP contribution >= 0.6 is 0 Å². The van der Waals surface area contributed by atoms with Gasteiger partial charge in [-0.15, -0.1) is 0 Å². The maximum atomic E-state index is 12.9. The quantitative estimate of drug-likeness (QED) is 0.453. The summed E-state index contributed by atoms with van der Waals surface area (Å²) < 4.78 is 18.8. The molecule has 1 aliphatic carbocycles. The second-order valence-corrected chi connectivity index (χ2v) is 7.70. The molecule has 1 saturated carbocycles. The first kappa shape index (κ1) is 18.9. The molecule has 0 heterocycles. The molecular formula is C24H31FO. The van der Waals surface area contributed by atoms with Crippen molar-refractivity contribution in [2.75, 3.05) is 0 Å². The Morgan fingerprint density at radius 2 is 1.58 bits per heavy atom. The fourth-order valence-corrected chi connectivity index (χ4v) is 4.05. The van der Waals surface area contributed by atoms with E-state index >= 15 is 0 Å². The summed E-state index contributed by atoms with van der Waals surface area (Å²) in [7, 11) is 0. The van der Waals surface area contributed by atoms with E-state index in [1.54, 1.807) is 12.1 Å². The van der Waals surface area contributed by atoms with Crippen LogP contribution in [0.3, 0.4) is 0 Å². The molecule has 26 heavy (non-hydrogen) atoms. The van der Waals surface area contributed by atoms with Gasteiger partial charge in [0, 0.05) is 0 Å². The van der Waals surface area contributed by atoms with Crippen LogP contribution in [-0.2, 0) is 6.61 Å². The molecular weight excluding hydrogens is 323 g/mol. The molecule has 140 valence electrons. The van der Waals surface area contributed by atoms with Gasteiger partial charge in [0.05, 0.1) is 0 Å². The summed E-state index contributed by atoms with van der Waals surface area (Å²) in [5.41, 5.74) is 2.43. The Morgan fingerprint density at radius 1 is 0.885 bits per heavy atom.